The second-order valence-corrected chi connectivity index (χ2v) is 10.7. The van der Waals surface area contributed by atoms with E-state index in [1.165, 1.54) is 39.5 Å². The zero-order chi connectivity index (χ0) is 26.7. The van der Waals surface area contributed by atoms with Crippen LogP contribution in [0.1, 0.15) is 38.8 Å². The van der Waals surface area contributed by atoms with Crippen molar-refractivity contribution in [3.05, 3.63) is 70.9 Å². The third kappa shape index (κ3) is 5.37. The summed E-state index contributed by atoms with van der Waals surface area (Å²) in [5.41, 5.74) is 4.01. The number of carbonyl (C=O) groups excluding carboxylic acids is 2. The van der Waals surface area contributed by atoms with Gasteiger partial charge < -0.3 is 15.0 Å². The number of nitrogens with one attached hydrogen (secondary N) is 1. The number of aryl methyl sites for hydroxylation is 2. The van der Waals surface area contributed by atoms with Crippen LogP contribution in [0.2, 0.25) is 0 Å². The second-order valence-electron chi connectivity index (χ2n) is 8.84. The summed E-state index contributed by atoms with van der Waals surface area (Å²) in [5, 5.41) is 6.64. The van der Waals surface area contributed by atoms with Gasteiger partial charge in [0.15, 0.2) is 0 Å². The first-order valence-electron chi connectivity index (χ1n) is 12.0. The van der Waals surface area contributed by atoms with Crippen LogP contribution in [0.5, 0.6) is 0 Å². The Bertz CT molecular complexity index is 1420. The second kappa shape index (κ2) is 10.7. The molecule has 11 heteroatoms. The van der Waals surface area contributed by atoms with Gasteiger partial charge in [-0.15, -0.1) is 0 Å². The molecule has 1 N–H and O–H groups in total. The molecule has 1 fully saturated rings. The maximum atomic E-state index is 13.6. The molecular weight excluding hydrogens is 494 g/mol. The molecule has 0 aliphatic carbocycles. The highest BCUT2D eigenvalue weighted by Crippen LogP contribution is 2.27. The highest BCUT2D eigenvalue weighted by atomic mass is 32.2. The summed E-state index contributed by atoms with van der Waals surface area (Å²) in [4.78, 5) is 27.2. The summed E-state index contributed by atoms with van der Waals surface area (Å²) >= 11 is 0. The van der Waals surface area contributed by atoms with E-state index in [9.17, 15) is 18.0 Å². The molecule has 3 aromatic rings. The zero-order valence-corrected chi connectivity index (χ0v) is 22.2. The highest BCUT2D eigenvalue weighted by Gasteiger charge is 2.35. The van der Waals surface area contributed by atoms with Crippen LogP contribution in [-0.4, -0.2) is 67.7 Å². The van der Waals surface area contributed by atoms with Gasteiger partial charge in [-0.1, -0.05) is 18.2 Å². The van der Waals surface area contributed by atoms with Crippen molar-refractivity contribution in [2.75, 3.05) is 43.5 Å². The first-order chi connectivity index (χ1) is 17.6. The summed E-state index contributed by atoms with van der Waals surface area (Å²) in [5.74, 6) is -1.17. The number of aromatic nitrogens is 2. The van der Waals surface area contributed by atoms with Crippen molar-refractivity contribution in [1.82, 2.24) is 14.1 Å². The van der Waals surface area contributed by atoms with Gasteiger partial charge in [-0.25, -0.2) is 13.2 Å². The molecule has 1 aliphatic rings. The lowest BCUT2D eigenvalue weighted by Gasteiger charge is -2.36. The lowest BCUT2D eigenvalue weighted by molar-refractivity contribution is 0.0600. The van der Waals surface area contributed by atoms with Crippen molar-refractivity contribution >= 4 is 33.3 Å². The molecule has 1 amide bonds. The Labute approximate surface area is 216 Å². The lowest BCUT2D eigenvalue weighted by atomic mass is 10.1. The van der Waals surface area contributed by atoms with Crippen molar-refractivity contribution in [2.45, 2.75) is 32.3 Å². The van der Waals surface area contributed by atoms with Crippen molar-refractivity contribution in [3.8, 4) is 0 Å². The number of carbonyl (C=O) groups is 2. The Kier molecular flexibility index (Phi) is 7.65. The fourth-order valence-electron chi connectivity index (χ4n) is 4.32. The number of esters is 1. The Morgan fingerprint density at radius 2 is 1.76 bits per heavy atom. The minimum Gasteiger partial charge on any atom is -0.465 e. The van der Waals surface area contributed by atoms with E-state index in [1.807, 2.05) is 19.1 Å². The molecule has 1 aromatic heterocycles. The van der Waals surface area contributed by atoms with Gasteiger partial charge in [0.2, 0.25) is 5.03 Å². The van der Waals surface area contributed by atoms with Gasteiger partial charge in [0, 0.05) is 50.3 Å². The molecule has 1 saturated heterocycles. The number of ether oxygens (including phenoxy) is 1. The SMILES string of the molecule is CCn1cc(C(=O)Nc2cccc(C(=O)OC)c2)c(S(=O)(=O)N2CCN(c3cccc(C)c3C)CC2)n1. The number of hydrogen-bond acceptors (Lipinski definition) is 7. The van der Waals surface area contributed by atoms with Gasteiger partial charge in [0.05, 0.1) is 18.2 Å². The molecular formula is C26H31N5O5S. The number of sulfonamides is 1. The Balaban J connectivity index is 1.55. The van der Waals surface area contributed by atoms with E-state index in [-0.39, 0.29) is 29.2 Å². The van der Waals surface area contributed by atoms with Crippen LogP contribution < -0.4 is 10.2 Å². The zero-order valence-electron chi connectivity index (χ0n) is 21.4. The standard InChI is InChI=1S/C26H31N5O5S/c1-5-30-17-22(24(32)27-21-10-7-9-20(16-21)26(33)36-4)25(28-30)37(34,35)31-14-12-29(13-15-31)23-11-6-8-18(2)19(23)3/h6-11,16-17H,5,12-15H2,1-4H3,(H,27,32). The number of anilines is 2. The Morgan fingerprint density at radius 1 is 1.05 bits per heavy atom. The van der Waals surface area contributed by atoms with Crippen molar-refractivity contribution in [2.24, 2.45) is 0 Å². The lowest BCUT2D eigenvalue weighted by Crippen LogP contribution is -2.49. The molecule has 0 bridgehead atoms. The van der Waals surface area contributed by atoms with Gasteiger partial charge in [-0.2, -0.15) is 9.40 Å². The van der Waals surface area contributed by atoms with Crippen molar-refractivity contribution in [3.63, 3.8) is 0 Å². The van der Waals surface area contributed by atoms with Gasteiger partial charge >= 0.3 is 5.97 Å². The van der Waals surface area contributed by atoms with Crippen molar-refractivity contribution in [1.29, 1.82) is 0 Å². The fraction of sp³-hybridized carbons (Fsp3) is 0.346. The van der Waals surface area contributed by atoms with Crippen molar-refractivity contribution < 1.29 is 22.7 Å². The first kappa shape index (κ1) is 26.4. The van der Waals surface area contributed by atoms with E-state index >= 15 is 0 Å². The summed E-state index contributed by atoms with van der Waals surface area (Å²) in [7, 11) is -2.76. The van der Waals surface area contributed by atoms with E-state index in [1.54, 1.807) is 18.2 Å². The molecule has 10 nitrogen and oxygen atoms in total. The van der Waals surface area contributed by atoms with Crippen LogP contribution in [0.25, 0.3) is 0 Å². The molecule has 0 saturated carbocycles. The first-order valence-corrected chi connectivity index (χ1v) is 13.5. The number of methoxy groups -OCH3 is 1. The molecule has 196 valence electrons. The number of benzene rings is 2. The molecule has 2 heterocycles. The molecule has 0 radical (unpaired) electrons. The van der Waals surface area contributed by atoms with Crippen LogP contribution in [0.3, 0.4) is 0 Å². The predicted molar refractivity (Wildman–Crippen MR) is 141 cm³/mol. The van der Waals surface area contributed by atoms with E-state index in [0.717, 1.165) is 5.69 Å². The quantitative estimate of drug-likeness (QED) is 0.472. The Hall–Kier alpha value is -3.70. The van der Waals surface area contributed by atoms with Crippen LogP contribution >= 0.6 is 0 Å². The highest BCUT2D eigenvalue weighted by molar-refractivity contribution is 7.89. The number of hydrogen-bond donors (Lipinski definition) is 1. The van der Waals surface area contributed by atoms with E-state index < -0.39 is 21.9 Å². The largest absolute Gasteiger partial charge is 0.465 e. The van der Waals surface area contributed by atoms with Gasteiger partial charge in [-0.05, 0) is 56.2 Å². The molecule has 4 rings (SSSR count). The number of amides is 1. The monoisotopic (exact) mass is 525 g/mol. The van der Waals surface area contributed by atoms with E-state index in [0.29, 0.717) is 25.3 Å². The summed E-state index contributed by atoms with van der Waals surface area (Å²) in [6.45, 7) is 7.94. The van der Waals surface area contributed by atoms with Crippen LogP contribution in [0.4, 0.5) is 11.4 Å². The van der Waals surface area contributed by atoms with E-state index in [4.69, 9.17) is 4.74 Å². The average Bonchev–Trinajstić information content (AvgIpc) is 3.36. The molecule has 1 aliphatic heterocycles. The topological polar surface area (TPSA) is 114 Å². The smallest absolute Gasteiger partial charge is 0.337 e. The van der Waals surface area contributed by atoms with Crippen LogP contribution in [0, 0.1) is 13.8 Å². The van der Waals surface area contributed by atoms with Crippen LogP contribution in [0.15, 0.2) is 53.7 Å². The normalized spacial score (nSPS) is 14.4. The predicted octanol–water partition coefficient (Wildman–Crippen LogP) is 3.07. The maximum absolute atomic E-state index is 13.6. The number of nitrogens with zero attached hydrogens (tertiary/aromatic N) is 4. The summed E-state index contributed by atoms with van der Waals surface area (Å²) < 4.78 is 34.8. The number of piperazine rings is 1. The molecule has 37 heavy (non-hydrogen) atoms. The molecule has 2 aromatic carbocycles. The minimum absolute atomic E-state index is 0.0534. The van der Waals surface area contributed by atoms with Gasteiger partial charge in [0.1, 0.15) is 0 Å². The third-order valence-corrected chi connectivity index (χ3v) is 8.41. The summed E-state index contributed by atoms with van der Waals surface area (Å²) in [6.07, 6.45) is 1.43. The third-order valence-electron chi connectivity index (χ3n) is 6.58. The molecule has 0 atom stereocenters. The number of rotatable bonds is 7. The molecule has 0 spiro atoms. The van der Waals surface area contributed by atoms with Crippen LogP contribution in [-0.2, 0) is 21.3 Å². The van der Waals surface area contributed by atoms with Gasteiger partial charge in [-0.3, -0.25) is 9.48 Å². The van der Waals surface area contributed by atoms with E-state index in [2.05, 4.69) is 35.2 Å². The average molecular weight is 526 g/mol. The summed E-state index contributed by atoms with van der Waals surface area (Å²) in [6, 6.07) is 12.3. The van der Waals surface area contributed by atoms with Gasteiger partial charge in [0.25, 0.3) is 15.9 Å². The minimum atomic E-state index is -4.03. The molecule has 0 unspecified atom stereocenters. The fourth-order valence-corrected chi connectivity index (χ4v) is 5.84. The Morgan fingerprint density at radius 3 is 2.43 bits per heavy atom. The maximum Gasteiger partial charge on any atom is 0.337 e.